The minimum Gasteiger partial charge on any atom is -0.166 e. The molecule has 0 saturated carbocycles. The van der Waals surface area contributed by atoms with E-state index in [0.29, 0.717) is 5.57 Å². The number of alkyl halides is 3. The molecule has 0 amide bonds. The first-order valence-corrected chi connectivity index (χ1v) is 4.62. The van der Waals surface area contributed by atoms with Crippen LogP contribution < -0.4 is 0 Å². The Kier molecular flexibility index (Phi) is 3.72. The molecule has 1 rings (SSSR count). The molecule has 0 aliphatic carbocycles. The fourth-order valence-electron chi connectivity index (χ4n) is 1.38. The van der Waals surface area contributed by atoms with E-state index in [1.165, 1.54) is 30.4 Å². The van der Waals surface area contributed by atoms with Crippen LogP contribution in [0, 0.1) is 0 Å². The molecule has 0 fully saturated rings. The Hall–Kier alpha value is -1.77. The highest BCUT2D eigenvalue weighted by molar-refractivity contribution is 5.76. The third kappa shape index (κ3) is 2.63. The monoisotopic (exact) mass is 224 g/mol. The summed E-state index contributed by atoms with van der Waals surface area (Å²) in [5.74, 6) is 0. The highest BCUT2D eigenvalue weighted by Crippen LogP contribution is 2.35. The maximum Gasteiger partial charge on any atom is 0.417 e. The first-order chi connectivity index (χ1) is 7.50. The Morgan fingerprint density at radius 3 is 2.25 bits per heavy atom. The predicted octanol–water partition coefficient (Wildman–Crippen LogP) is 4.46. The number of benzene rings is 1. The molecule has 0 radical (unpaired) electrons. The molecule has 1 aromatic rings. The van der Waals surface area contributed by atoms with Gasteiger partial charge in [-0.1, -0.05) is 49.6 Å². The van der Waals surface area contributed by atoms with Crippen LogP contribution in [-0.4, -0.2) is 0 Å². The van der Waals surface area contributed by atoms with Crippen molar-refractivity contribution in [2.75, 3.05) is 0 Å². The number of hydrogen-bond donors (Lipinski definition) is 0. The number of halogens is 3. The first-order valence-electron chi connectivity index (χ1n) is 4.62. The van der Waals surface area contributed by atoms with E-state index in [1.807, 2.05) is 0 Å². The van der Waals surface area contributed by atoms with Gasteiger partial charge in [-0.05, 0) is 17.2 Å². The Morgan fingerprint density at radius 1 is 1.12 bits per heavy atom. The van der Waals surface area contributed by atoms with Gasteiger partial charge in [-0.25, -0.2) is 0 Å². The number of allylic oxidation sites excluding steroid dienone is 4. The van der Waals surface area contributed by atoms with E-state index in [1.54, 1.807) is 6.07 Å². The number of hydrogen-bond acceptors (Lipinski definition) is 0. The van der Waals surface area contributed by atoms with Crippen LogP contribution in [0.1, 0.15) is 11.1 Å². The zero-order chi connectivity index (χ0) is 12.2. The van der Waals surface area contributed by atoms with Gasteiger partial charge in [-0.3, -0.25) is 0 Å². The molecule has 0 aliphatic rings. The Morgan fingerprint density at radius 2 is 1.75 bits per heavy atom. The van der Waals surface area contributed by atoms with Gasteiger partial charge in [0.05, 0.1) is 5.56 Å². The lowest BCUT2D eigenvalue weighted by Crippen LogP contribution is -2.08. The van der Waals surface area contributed by atoms with Crippen molar-refractivity contribution >= 4 is 5.57 Å². The fraction of sp³-hybridized carbons (Fsp3) is 0.0769. The van der Waals surface area contributed by atoms with Crippen molar-refractivity contribution in [3.8, 4) is 0 Å². The molecule has 0 atom stereocenters. The molecule has 0 saturated heterocycles. The van der Waals surface area contributed by atoms with Crippen LogP contribution in [-0.2, 0) is 6.18 Å². The maximum absolute atomic E-state index is 12.7. The van der Waals surface area contributed by atoms with Crippen LogP contribution in [0.25, 0.3) is 5.57 Å². The second kappa shape index (κ2) is 4.84. The third-order valence-corrected chi connectivity index (χ3v) is 2.06. The van der Waals surface area contributed by atoms with E-state index in [9.17, 15) is 13.2 Å². The van der Waals surface area contributed by atoms with E-state index >= 15 is 0 Å². The largest absolute Gasteiger partial charge is 0.417 e. The molecule has 0 N–H and O–H groups in total. The minimum absolute atomic E-state index is 0.116. The molecule has 0 unspecified atom stereocenters. The molecule has 0 aliphatic heterocycles. The molecule has 1 aromatic carbocycles. The smallest absolute Gasteiger partial charge is 0.166 e. The van der Waals surface area contributed by atoms with Crippen molar-refractivity contribution in [2.45, 2.75) is 6.18 Å². The van der Waals surface area contributed by atoms with Crippen molar-refractivity contribution in [3.63, 3.8) is 0 Å². The lowest BCUT2D eigenvalue weighted by atomic mass is 9.99. The molecular formula is C13H11F3. The maximum atomic E-state index is 12.7. The second-order valence-electron chi connectivity index (χ2n) is 3.11. The van der Waals surface area contributed by atoms with Gasteiger partial charge in [0.25, 0.3) is 0 Å². The van der Waals surface area contributed by atoms with E-state index in [-0.39, 0.29) is 5.56 Å². The van der Waals surface area contributed by atoms with Crippen molar-refractivity contribution in [3.05, 3.63) is 66.8 Å². The SMILES string of the molecule is C=C/C=C(\C=C)c1ccccc1C(F)(F)F. The summed E-state index contributed by atoms with van der Waals surface area (Å²) in [5, 5.41) is 0. The lowest BCUT2D eigenvalue weighted by molar-refractivity contribution is -0.137. The molecule has 0 spiro atoms. The molecule has 16 heavy (non-hydrogen) atoms. The van der Waals surface area contributed by atoms with E-state index in [0.717, 1.165) is 6.07 Å². The van der Waals surface area contributed by atoms with E-state index in [2.05, 4.69) is 13.2 Å². The summed E-state index contributed by atoms with van der Waals surface area (Å²) in [6.07, 6.45) is -0.0478. The first kappa shape index (κ1) is 12.3. The van der Waals surface area contributed by atoms with Crippen LogP contribution in [0.15, 0.2) is 55.7 Å². The molecule has 0 bridgehead atoms. The normalized spacial score (nSPS) is 12.3. The van der Waals surface area contributed by atoms with Gasteiger partial charge >= 0.3 is 6.18 Å². The standard InChI is InChI=1S/C13H11F3/c1-3-7-10(4-2)11-8-5-6-9-12(11)13(14,15)16/h3-9H,1-2H2/b10-7+. The topological polar surface area (TPSA) is 0 Å². The van der Waals surface area contributed by atoms with Crippen molar-refractivity contribution in [1.82, 2.24) is 0 Å². The van der Waals surface area contributed by atoms with Crippen LogP contribution in [0.3, 0.4) is 0 Å². The molecular weight excluding hydrogens is 213 g/mol. The van der Waals surface area contributed by atoms with Gasteiger partial charge in [-0.15, -0.1) is 0 Å². The van der Waals surface area contributed by atoms with Crippen molar-refractivity contribution < 1.29 is 13.2 Å². The highest BCUT2D eigenvalue weighted by Gasteiger charge is 2.33. The summed E-state index contributed by atoms with van der Waals surface area (Å²) in [6, 6.07) is 5.39. The predicted molar refractivity (Wildman–Crippen MR) is 59.8 cm³/mol. The van der Waals surface area contributed by atoms with Gasteiger partial charge in [0, 0.05) is 0 Å². The van der Waals surface area contributed by atoms with Crippen molar-refractivity contribution in [1.29, 1.82) is 0 Å². The number of rotatable bonds is 3. The van der Waals surface area contributed by atoms with Gasteiger partial charge in [0.2, 0.25) is 0 Å². The average Bonchev–Trinajstić information content (AvgIpc) is 2.25. The highest BCUT2D eigenvalue weighted by atomic mass is 19.4. The Bertz CT molecular complexity index is 425. The van der Waals surface area contributed by atoms with Gasteiger partial charge in [0.1, 0.15) is 0 Å². The zero-order valence-electron chi connectivity index (χ0n) is 8.59. The van der Waals surface area contributed by atoms with Crippen LogP contribution >= 0.6 is 0 Å². The summed E-state index contributed by atoms with van der Waals surface area (Å²) in [5.41, 5.74) is -0.143. The molecule has 0 heterocycles. The van der Waals surface area contributed by atoms with Crippen LogP contribution in [0.4, 0.5) is 13.2 Å². The van der Waals surface area contributed by atoms with Gasteiger partial charge in [0.15, 0.2) is 0 Å². The zero-order valence-corrected chi connectivity index (χ0v) is 8.59. The van der Waals surface area contributed by atoms with Crippen LogP contribution in [0.2, 0.25) is 0 Å². The van der Waals surface area contributed by atoms with E-state index < -0.39 is 11.7 Å². The molecule has 3 heteroatoms. The summed E-state index contributed by atoms with van der Waals surface area (Å²) in [6.45, 7) is 6.96. The van der Waals surface area contributed by atoms with Crippen molar-refractivity contribution in [2.24, 2.45) is 0 Å². The summed E-state index contributed by atoms with van der Waals surface area (Å²) in [4.78, 5) is 0. The van der Waals surface area contributed by atoms with Gasteiger partial charge < -0.3 is 0 Å². The van der Waals surface area contributed by atoms with Gasteiger partial charge in [-0.2, -0.15) is 13.2 Å². The second-order valence-corrected chi connectivity index (χ2v) is 3.11. The molecule has 0 aromatic heterocycles. The minimum atomic E-state index is -4.36. The Labute approximate surface area is 92.4 Å². The Balaban J connectivity index is 3.38. The molecule has 84 valence electrons. The third-order valence-electron chi connectivity index (χ3n) is 2.06. The summed E-state index contributed by atoms with van der Waals surface area (Å²) < 4.78 is 38.1. The average molecular weight is 224 g/mol. The fourth-order valence-corrected chi connectivity index (χ4v) is 1.38. The quantitative estimate of drug-likeness (QED) is 0.665. The van der Waals surface area contributed by atoms with E-state index in [4.69, 9.17) is 0 Å². The summed E-state index contributed by atoms with van der Waals surface area (Å²) >= 11 is 0. The molecule has 0 nitrogen and oxygen atoms in total. The van der Waals surface area contributed by atoms with Crippen LogP contribution in [0.5, 0.6) is 0 Å². The lowest BCUT2D eigenvalue weighted by Gasteiger charge is -2.12. The summed E-state index contributed by atoms with van der Waals surface area (Å²) in [7, 11) is 0.